The van der Waals surface area contributed by atoms with E-state index in [1.807, 2.05) is 24.4 Å². The minimum Gasteiger partial charge on any atom is -0.497 e. The zero-order valence-electron chi connectivity index (χ0n) is 13.4. The topological polar surface area (TPSA) is 59.9 Å². The fraction of sp³-hybridized carbons (Fsp3) is 0.235. The molecule has 0 radical (unpaired) electrons. The third kappa shape index (κ3) is 3.66. The second-order valence-electron chi connectivity index (χ2n) is 5.07. The molecule has 0 atom stereocenters. The molecule has 0 saturated carbocycles. The number of aromatic nitrogens is 3. The summed E-state index contributed by atoms with van der Waals surface area (Å²) in [6.45, 7) is 3.03. The normalized spacial score (nSPS) is 10.6. The predicted molar refractivity (Wildman–Crippen MR) is 98.9 cm³/mol. The van der Waals surface area contributed by atoms with E-state index in [9.17, 15) is 0 Å². The summed E-state index contributed by atoms with van der Waals surface area (Å²) < 4.78 is 5.18. The maximum absolute atomic E-state index is 6.32. The lowest BCUT2D eigenvalue weighted by molar-refractivity contribution is 0.415. The van der Waals surface area contributed by atoms with Gasteiger partial charge < -0.3 is 10.1 Å². The van der Waals surface area contributed by atoms with Gasteiger partial charge in [-0.25, -0.2) is 15.0 Å². The van der Waals surface area contributed by atoms with Crippen LogP contribution >= 0.6 is 22.9 Å². The largest absolute Gasteiger partial charge is 0.497 e. The van der Waals surface area contributed by atoms with E-state index < -0.39 is 0 Å². The molecule has 0 saturated heterocycles. The molecule has 0 fully saturated rings. The van der Waals surface area contributed by atoms with Crippen molar-refractivity contribution < 1.29 is 4.74 Å². The minimum absolute atomic E-state index is 0.557. The standard InChI is InChI=1S/C17H17ClN4OS/c1-3-7-20-17-21-10-15(24-17)14-6-8-19-16(22-14)12-5-4-11(23-2)9-13(12)18/h4-6,8-10H,3,7H2,1-2H3,(H,20,21). The van der Waals surface area contributed by atoms with E-state index in [-0.39, 0.29) is 0 Å². The fourth-order valence-corrected chi connectivity index (χ4v) is 3.20. The summed E-state index contributed by atoms with van der Waals surface area (Å²) >= 11 is 7.90. The van der Waals surface area contributed by atoms with E-state index in [4.69, 9.17) is 16.3 Å². The van der Waals surface area contributed by atoms with E-state index >= 15 is 0 Å². The van der Waals surface area contributed by atoms with Crippen LogP contribution in [0.4, 0.5) is 5.13 Å². The van der Waals surface area contributed by atoms with E-state index in [0.29, 0.717) is 16.6 Å². The number of nitrogens with zero attached hydrogens (tertiary/aromatic N) is 3. The molecule has 3 aromatic rings. The Labute approximate surface area is 149 Å². The maximum Gasteiger partial charge on any atom is 0.183 e. The molecule has 0 amide bonds. The Morgan fingerprint density at radius 1 is 1.25 bits per heavy atom. The van der Waals surface area contributed by atoms with Crippen molar-refractivity contribution in [2.75, 3.05) is 19.0 Å². The molecular formula is C17H17ClN4OS. The van der Waals surface area contributed by atoms with Gasteiger partial charge in [0.2, 0.25) is 0 Å². The van der Waals surface area contributed by atoms with Gasteiger partial charge >= 0.3 is 0 Å². The number of benzene rings is 1. The van der Waals surface area contributed by atoms with E-state index in [0.717, 1.165) is 34.2 Å². The van der Waals surface area contributed by atoms with Gasteiger partial charge in [0.1, 0.15) is 5.75 Å². The quantitative estimate of drug-likeness (QED) is 0.687. The smallest absolute Gasteiger partial charge is 0.183 e. The van der Waals surface area contributed by atoms with Crippen LogP contribution in [0.3, 0.4) is 0 Å². The first-order valence-electron chi connectivity index (χ1n) is 7.58. The molecular weight excluding hydrogens is 344 g/mol. The molecule has 5 nitrogen and oxygen atoms in total. The van der Waals surface area contributed by atoms with Crippen LogP contribution in [-0.4, -0.2) is 28.6 Å². The average Bonchev–Trinajstić information content (AvgIpc) is 3.09. The number of thiazole rings is 1. The number of nitrogens with one attached hydrogen (secondary N) is 1. The molecule has 0 unspecified atom stereocenters. The molecule has 0 aliphatic rings. The highest BCUT2D eigenvalue weighted by Crippen LogP contribution is 2.32. The summed E-state index contributed by atoms with van der Waals surface area (Å²) in [4.78, 5) is 14.3. The Morgan fingerprint density at radius 2 is 2.12 bits per heavy atom. The zero-order chi connectivity index (χ0) is 16.9. The van der Waals surface area contributed by atoms with Crippen molar-refractivity contribution in [1.29, 1.82) is 0 Å². The molecule has 2 heterocycles. The Bertz CT molecular complexity index is 837. The molecule has 0 spiro atoms. The van der Waals surface area contributed by atoms with Crippen LogP contribution in [0.15, 0.2) is 36.7 Å². The van der Waals surface area contributed by atoms with Gasteiger partial charge in [-0.3, -0.25) is 0 Å². The van der Waals surface area contributed by atoms with Gasteiger partial charge in [-0.15, -0.1) is 0 Å². The van der Waals surface area contributed by atoms with E-state index in [1.165, 1.54) is 0 Å². The van der Waals surface area contributed by atoms with Gasteiger partial charge in [-0.2, -0.15) is 0 Å². The van der Waals surface area contributed by atoms with Crippen LogP contribution in [0.5, 0.6) is 5.75 Å². The molecule has 2 aromatic heterocycles. The molecule has 24 heavy (non-hydrogen) atoms. The lowest BCUT2D eigenvalue weighted by Gasteiger charge is -2.06. The zero-order valence-corrected chi connectivity index (χ0v) is 15.0. The van der Waals surface area contributed by atoms with Gasteiger partial charge in [0, 0.05) is 24.5 Å². The molecule has 124 valence electrons. The number of methoxy groups -OCH3 is 1. The first kappa shape index (κ1) is 16.7. The molecule has 0 aliphatic heterocycles. The lowest BCUT2D eigenvalue weighted by atomic mass is 10.2. The SMILES string of the molecule is CCCNc1ncc(-c2ccnc(-c3ccc(OC)cc3Cl)n2)s1. The summed E-state index contributed by atoms with van der Waals surface area (Å²) in [5.41, 5.74) is 1.60. The van der Waals surface area contributed by atoms with Crippen LogP contribution in [0.2, 0.25) is 5.02 Å². The number of rotatable bonds is 6. The molecule has 7 heteroatoms. The van der Waals surface area contributed by atoms with Crippen LogP contribution in [-0.2, 0) is 0 Å². The second-order valence-corrected chi connectivity index (χ2v) is 6.51. The van der Waals surface area contributed by atoms with Crippen molar-refractivity contribution in [2.24, 2.45) is 0 Å². The Balaban J connectivity index is 1.90. The first-order chi connectivity index (χ1) is 11.7. The molecule has 3 rings (SSSR count). The van der Waals surface area contributed by atoms with Gasteiger partial charge in [-0.1, -0.05) is 29.9 Å². The van der Waals surface area contributed by atoms with Crippen molar-refractivity contribution in [1.82, 2.24) is 15.0 Å². The highest BCUT2D eigenvalue weighted by molar-refractivity contribution is 7.18. The Kier molecular flexibility index (Phi) is 5.27. The summed E-state index contributed by atoms with van der Waals surface area (Å²) in [5, 5.41) is 4.74. The van der Waals surface area contributed by atoms with Crippen molar-refractivity contribution in [3.8, 4) is 27.7 Å². The lowest BCUT2D eigenvalue weighted by Crippen LogP contribution is -1.97. The number of anilines is 1. The van der Waals surface area contributed by atoms with E-state index in [1.54, 1.807) is 30.7 Å². The molecule has 0 aliphatic carbocycles. The third-order valence-electron chi connectivity index (χ3n) is 3.36. The number of halogens is 1. The second kappa shape index (κ2) is 7.59. The van der Waals surface area contributed by atoms with E-state index in [2.05, 4.69) is 27.2 Å². The first-order valence-corrected chi connectivity index (χ1v) is 8.77. The van der Waals surface area contributed by atoms with Gasteiger partial charge in [-0.05, 0) is 30.7 Å². The summed E-state index contributed by atoms with van der Waals surface area (Å²) in [6.07, 6.45) is 4.62. The predicted octanol–water partition coefficient (Wildman–Crippen LogP) is 4.75. The molecule has 1 aromatic carbocycles. The van der Waals surface area contributed by atoms with Crippen molar-refractivity contribution in [3.05, 3.63) is 41.7 Å². The Hall–Kier alpha value is -2.18. The minimum atomic E-state index is 0.557. The summed E-state index contributed by atoms with van der Waals surface area (Å²) in [7, 11) is 1.61. The van der Waals surface area contributed by atoms with Gasteiger partial charge in [0.25, 0.3) is 0 Å². The number of ether oxygens (including phenoxy) is 1. The molecule has 1 N–H and O–H groups in total. The number of hydrogen-bond acceptors (Lipinski definition) is 6. The van der Waals surface area contributed by atoms with Crippen LogP contribution in [0, 0.1) is 0 Å². The monoisotopic (exact) mass is 360 g/mol. The van der Waals surface area contributed by atoms with Crippen molar-refractivity contribution >= 4 is 28.1 Å². The summed E-state index contributed by atoms with van der Waals surface area (Å²) in [6, 6.07) is 7.34. The van der Waals surface area contributed by atoms with Crippen molar-refractivity contribution in [2.45, 2.75) is 13.3 Å². The average molecular weight is 361 g/mol. The van der Waals surface area contributed by atoms with Crippen LogP contribution in [0.1, 0.15) is 13.3 Å². The van der Waals surface area contributed by atoms with Gasteiger partial charge in [0.15, 0.2) is 11.0 Å². The Morgan fingerprint density at radius 3 is 2.88 bits per heavy atom. The third-order valence-corrected chi connectivity index (χ3v) is 4.65. The fourth-order valence-electron chi connectivity index (χ4n) is 2.14. The van der Waals surface area contributed by atoms with Crippen LogP contribution in [0.25, 0.3) is 22.0 Å². The summed E-state index contributed by atoms with van der Waals surface area (Å²) in [5.74, 6) is 1.28. The maximum atomic E-state index is 6.32. The molecule has 0 bridgehead atoms. The highest BCUT2D eigenvalue weighted by atomic mass is 35.5. The van der Waals surface area contributed by atoms with Crippen LogP contribution < -0.4 is 10.1 Å². The van der Waals surface area contributed by atoms with Crippen molar-refractivity contribution in [3.63, 3.8) is 0 Å². The van der Waals surface area contributed by atoms with Gasteiger partial charge in [0.05, 0.1) is 22.7 Å². The highest BCUT2D eigenvalue weighted by Gasteiger charge is 2.11. The number of hydrogen-bond donors (Lipinski definition) is 1.